The summed E-state index contributed by atoms with van der Waals surface area (Å²) in [4.78, 5) is 14.1. The molecule has 1 atom stereocenters. The highest BCUT2D eigenvalue weighted by Gasteiger charge is 2.26. The lowest BCUT2D eigenvalue weighted by atomic mass is 10.2. The Labute approximate surface area is 137 Å². The number of nitrogens with zero attached hydrogens (tertiary/aromatic N) is 1. The minimum atomic E-state index is 0. The second kappa shape index (κ2) is 12.0. The Morgan fingerprint density at radius 1 is 1.32 bits per heavy atom. The molecule has 1 aromatic carbocycles. The fourth-order valence-corrected chi connectivity index (χ4v) is 2.07. The maximum Gasteiger partial charge on any atom is 0.257 e. The number of likely N-dealkylation sites (tertiary alicyclic amines) is 1. The SMILES string of the molecule is CC.CCC.CCOc1ccccc1C(=O)N1CC[C@@H](N)C1.[HH]. The summed E-state index contributed by atoms with van der Waals surface area (Å²) < 4.78 is 5.47. The van der Waals surface area contributed by atoms with Crippen molar-refractivity contribution in [1.82, 2.24) is 4.90 Å². The van der Waals surface area contributed by atoms with Crippen LogP contribution in [0.2, 0.25) is 0 Å². The fourth-order valence-electron chi connectivity index (χ4n) is 2.07. The Morgan fingerprint density at radius 2 is 1.91 bits per heavy atom. The highest BCUT2D eigenvalue weighted by molar-refractivity contribution is 5.97. The molecule has 0 unspecified atom stereocenters. The Bertz CT molecular complexity index is 427. The van der Waals surface area contributed by atoms with E-state index >= 15 is 0 Å². The van der Waals surface area contributed by atoms with Gasteiger partial charge in [-0.2, -0.15) is 0 Å². The lowest BCUT2D eigenvalue weighted by Gasteiger charge is -2.17. The molecule has 0 bridgehead atoms. The first kappa shape index (κ1) is 20.5. The Morgan fingerprint density at radius 3 is 2.41 bits per heavy atom. The monoisotopic (exact) mass is 310 g/mol. The van der Waals surface area contributed by atoms with E-state index in [1.807, 2.05) is 39.0 Å². The molecule has 1 aliphatic heterocycles. The van der Waals surface area contributed by atoms with Crippen LogP contribution >= 0.6 is 0 Å². The first-order valence-electron chi connectivity index (χ1n) is 8.40. The summed E-state index contributed by atoms with van der Waals surface area (Å²) in [5, 5.41) is 0. The summed E-state index contributed by atoms with van der Waals surface area (Å²) in [5.74, 6) is 0.669. The second-order valence-electron chi connectivity index (χ2n) is 4.94. The van der Waals surface area contributed by atoms with E-state index in [-0.39, 0.29) is 13.4 Å². The fraction of sp³-hybridized carbons (Fsp3) is 0.611. The molecule has 0 aliphatic carbocycles. The molecule has 22 heavy (non-hydrogen) atoms. The van der Waals surface area contributed by atoms with E-state index in [0.717, 1.165) is 13.0 Å². The van der Waals surface area contributed by atoms with E-state index in [0.29, 0.717) is 24.5 Å². The van der Waals surface area contributed by atoms with Crippen LogP contribution in [0.3, 0.4) is 0 Å². The normalized spacial score (nSPS) is 16.1. The van der Waals surface area contributed by atoms with Gasteiger partial charge in [-0.3, -0.25) is 4.79 Å². The zero-order chi connectivity index (χ0) is 17.0. The smallest absolute Gasteiger partial charge is 0.257 e. The van der Waals surface area contributed by atoms with E-state index in [2.05, 4.69) is 13.8 Å². The molecular formula is C18H34N2O2. The van der Waals surface area contributed by atoms with Crippen molar-refractivity contribution >= 4 is 5.91 Å². The summed E-state index contributed by atoms with van der Waals surface area (Å²) in [7, 11) is 0. The van der Waals surface area contributed by atoms with Gasteiger partial charge in [0.15, 0.2) is 0 Å². The largest absolute Gasteiger partial charge is 0.493 e. The average Bonchev–Trinajstić information content (AvgIpc) is 2.97. The standard InChI is InChI=1S/C13H18N2O2.C3H8.C2H6.H2/c1-2-17-12-6-4-3-5-11(12)13(16)15-8-7-10(14)9-15;1-3-2;1-2;/h3-6,10H,2,7-9,14H2,1H3;3H2,1-2H3;1-2H3;1H/t10-;;;/m1.../s1. The molecule has 1 amide bonds. The molecule has 0 spiro atoms. The van der Waals surface area contributed by atoms with Crippen LogP contribution in [0.1, 0.15) is 59.2 Å². The van der Waals surface area contributed by atoms with Crippen molar-refractivity contribution in [2.45, 2.75) is 53.5 Å². The molecule has 2 rings (SSSR count). The van der Waals surface area contributed by atoms with Gasteiger partial charge in [-0.15, -0.1) is 0 Å². The van der Waals surface area contributed by atoms with Gasteiger partial charge in [0, 0.05) is 20.6 Å². The molecule has 1 saturated heterocycles. The number of rotatable bonds is 3. The van der Waals surface area contributed by atoms with Crippen LogP contribution in [0.4, 0.5) is 0 Å². The number of benzene rings is 1. The van der Waals surface area contributed by atoms with Crippen LogP contribution in [0.25, 0.3) is 0 Å². The predicted molar refractivity (Wildman–Crippen MR) is 95.5 cm³/mol. The quantitative estimate of drug-likeness (QED) is 0.919. The molecule has 1 fully saturated rings. The highest BCUT2D eigenvalue weighted by Crippen LogP contribution is 2.21. The van der Waals surface area contributed by atoms with Gasteiger partial charge in [0.1, 0.15) is 5.75 Å². The third-order valence-electron chi connectivity index (χ3n) is 2.93. The van der Waals surface area contributed by atoms with E-state index < -0.39 is 0 Å². The van der Waals surface area contributed by atoms with Gasteiger partial charge < -0.3 is 15.4 Å². The predicted octanol–water partition coefficient (Wildman–Crippen LogP) is 3.95. The molecule has 2 N–H and O–H groups in total. The van der Waals surface area contributed by atoms with Crippen LogP contribution < -0.4 is 10.5 Å². The Kier molecular flexibility index (Phi) is 11.2. The van der Waals surface area contributed by atoms with Crippen molar-refractivity contribution in [2.75, 3.05) is 19.7 Å². The lowest BCUT2D eigenvalue weighted by Crippen LogP contribution is -2.32. The third kappa shape index (κ3) is 6.48. The number of amides is 1. The van der Waals surface area contributed by atoms with E-state index in [4.69, 9.17) is 10.5 Å². The van der Waals surface area contributed by atoms with E-state index in [1.54, 1.807) is 11.0 Å². The van der Waals surface area contributed by atoms with Crippen LogP contribution in [-0.2, 0) is 0 Å². The van der Waals surface area contributed by atoms with Crippen molar-refractivity contribution in [3.05, 3.63) is 29.8 Å². The topological polar surface area (TPSA) is 55.6 Å². The molecule has 0 radical (unpaired) electrons. The van der Waals surface area contributed by atoms with Gasteiger partial charge in [-0.05, 0) is 25.5 Å². The summed E-state index contributed by atoms with van der Waals surface area (Å²) in [6.07, 6.45) is 2.13. The molecule has 1 heterocycles. The van der Waals surface area contributed by atoms with Gasteiger partial charge in [-0.25, -0.2) is 0 Å². The molecule has 1 aromatic rings. The first-order chi connectivity index (χ1) is 10.6. The maximum atomic E-state index is 12.3. The van der Waals surface area contributed by atoms with Crippen LogP contribution in [0.15, 0.2) is 24.3 Å². The minimum absolute atomic E-state index is 0. The summed E-state index contributed by atoms with van der Waals surface area (Å²) in [6.45, 7) is 12.1. The molecule has 0 saturated carbocycles. The van der Waals surface area contributed by atoms with Gasteiger partial charge in [0.2, 0.25) is 0 Å². The van der Waals surface area contributed by atoms with Gasteiger partial charge in [-0.1, -0.05) is 46.2 Å². The highest BCUT2D eigenvalue weighted by atomic mass is 16.5. The molecular weight excluding hydrogens is 276 g/mol. The zero-order valence-electron chi connectivity index (χ0n) is 14.8. The second-order valence-corrected chi connectivity index (χ2v) is 4.94. The van der Waals surface area contributed by atoms with Crippen molar-refractivity contribution < 1.29 is 11.0 Å². The van der Waals surface area contributed by atoms with Crippen LogP contribution in [0, 0.1) is 0 Å². The van der Waals surface area contributed by atoms with Gasteiger partial charge >= 0.3 is 0 Å². The maximum absolute atomic E-state index is 12.3. The van der Waals surface area contributed by atoms with Crippen molar-refractivity contribution in [3.63, 3.8) is 0 Å². The van der Waals surface area contributed by atoms with Crippen LogP contribution in [-0.4, -0.2) is 36.5 Å². The number of nitrogens with two attached hydrogens (primary N) is 1. The number of ether oxygens (including phenoxy) is 1. The number of hydrogen-bond acceptors (Lipinski definition) is 3. The summed E-state index contributed by atoms with van der Waals surface area (Å²) >= 11 is 0. The van der Waals surface area contributed by atoms with Gasteiger partial charge in [0.25, 0.3) is 5.91 Å². The van der Waals surface area contributed by atoms with E-state index in [1.165, 1.54) is 6.42 Å². The summed E-state index contributed by atoms with van der Waals surface area (Å²) in [5.41, 5.74) is 6.44. The van der Waals surface area contributed by atoms with Crippen molar-refractivity contribution in [1.29, 1.82) is 0 Å². The number of hydrogen-bond donors (Lipinski definition) is 1. The Balaban J connectivity index is 0. The minimum Gasteiger partial charge on any atom is -0.493 e. The average molecular weight is 310 g/mol. The first-order valence-corrected chi connectivity index (χ1v) is 8.40. The van der Waals surface area contributed by atoms with Crippen LogP contribution in [0.5, 0.6) is 5.75 Å². The van der Waals surface area contributed by atoms with Crippen molar-refractivity contribution in [3.8, 4) is 5.75 Å². The molecule has 4 nitrogen and oxygen atoms in total. The molecule has 1 aliphatic rings. The van der Waals surface area contributed by atoms with Crippen molar-refractivity contribution in [2.24, 2.45) is 5.73 Å². The number of carbonyl (C=O) groups is 1. The number of carbonyl (C=O) groups excluding carboxylic acids is 1. The Hall–Kier alpha value is -1.55. The molecule has 128 valence electrons. The van der Waals surface area contributed by atoms with Gasteiger partial charge in [0.05, 0.1) is 12.2 Å². The summed E-state index contributed by atoms with van der Waals surface area (Å²) in [6, 6.07) is 7.46. The molecule has 0 aromatic heterocycles. The zero-order valence-corrected chi connectivity index (χ0v) is 14.8. The third-order valence-corrected chi connectivity index (χ3v) is 2.93. The number of para-hydroxylation sites is 1. The molecule has 4 heteroatoms. The van der Waals surface area contributed by atoms with E-state index in [9.17, 15) is 4.79 Å². The lowest BCUT2D eigenvalue weighted by molar-refractivity contribution is 0.0786.